The molecule has 3 heterocycles. The number of rotatable bonds is 2. The van der Waals surface area contributed by atoms with E-state index in [9.17, 15) is 4.79 Å². The molecule has 1 aromatic heterocycles. The standard InChI is InChI=1S/C17H20N4OS/c1-11(22)20-6-2-3-12-4-5-13(9-14(12)20)16-15(10-18)21-7-8-23-17(21)19-16/h4-5,9H,2-3,6-8,10,18H2,1H3. The quantitative estimate of drug-likeness (QED) is 0.919. The molecule has 0 spiro atoms. The largest absolute Gasteiger partial charge is 0.325 e. The van der Waals surface area contributed by atoms with Gasteiger partial charge in [-0.05, 0) is 24.5 Å². The van der Waals surface area contributed by atoms with E-state index in [1.165, 1.54) is 5.56 Å². The van der Waals surface area contributed by atoms with Crippen LogP contribution in [0.1, 0.15) is 24.6 Å². The highest BCUT2D eigenvalue weighted by molar-refractivity contribution is 7.99. The number of carbonyl (C=O) groups excluding carboxylic acids is 1. The second-order valence-corrected chi connectivity index (χ2v) is 7.07. The highest BCUT2D eigenvalue weighted by atomic mass is 32.2. The molecule has 0 aliphatic carbocycles. The fourth-order valence-corrected chi connectivity index (χ4v) is 4.49. The molecular weight excluding hydrogens is 308 g/mol. The zero-order chi connectivity index (χ0) is 16.0. The number of benzene rings is 1. The Hall–Kier alpha value is -1.79. The van der Waals surface area contributed by atoms with Crippen molar-refractivity contribution in [2.45, 2.75) is 38.0 Å². The fourth-order valence-electron chi connectivity index (χ4n) is 3.52. The van der Waals surface area contributed by atoms with E-state index in [0.29, 0.717) is 6.54 Å². The molecule has 0 radical (unpaired) electrons. The summed E-state index contributed by atoms with van der Waals surface area (Å²) in [4.78, 5) is 18.6. The van der Waals surface area contributed by atoms with Crippen molar-refractivity contribution in [1.82, 2.24) is 9.55 Å². The zero-order valence-corrected chi connectivity index (χ0v) is 14.0. The van der Waals surface area contributed by atoms with E-state index in [1.807, 2.05) is 4.90 Å². The molecule has 0 fully saturated rings. The molecular formula is C17H20N4OS. The van der Waals surface area contributed by atoms with Crippen LogP contribution in [0.3, 0.4) is 0 Å². The number of nitrogens with two attached hydrogens (primary N) is 1. The molecule has 23 heavy (non-hydrogen) atoms. The van der Waals surface area contributed by atoms with E-state index in [1.54, 1.807) is 18.7 Å². The lowest BCUT2D eigenvalue weighted by Crippen LogP contribution is -2.33. The third kappa shape index (κ3) is 2.37. The summed E-state index contributed by atoms with van der Waals surface area (Å²) >= 11 is 1.78. The van der Waals surface area contributed by atoms with E-state index in [-0.39, 0.29) is 5.91 Å². The number of hydrogen-bond acceptors (Lipinski definition) is 4. The summed E-state index contributed by atoms with van der Waals surface area (Å²) in [5.74, 6) is 1.17. The minimum Gasteiger partial charge on any atom is -0.325 e. The number of fused-ring (bicyclic) bond motifs is 2. The summed E-state index contributed by atoms with van der Waals surface area (Å²) < 4.78 is 2.22. The van der Waals surface area contributed by atoms with E-state index < -0.39 is 0 Å². The molecule has 1 amide bonds. The predicted molar refractivity (Wildman–Crippen MR) is 92.6 cm³/mol. The first kappa shape index (κ1) is 14.8. The van der Waals surface area contributed by atoms with Crippen molar-refractivity contribution in [1.29, 1.82) is 0 Å². The van der Waals surface area contributed by atoms with Gasteiger partial charge in [-0.25, -0.2) is 4.98 Å². The number of carbonyl (C=O) groups is 1. The number of hydrogen-bond donors (Lipinski definition) is 1. The normalized spacial score (nSPS) is 16.3. The molecule has 1 aromatic carbocycles. The molecule has 6 heteroatoms. The van der Waals surface area contributed by atoms with Gasteiger partial charge >= 0.3 is 0 Å². The van der Waals surface area contributed by atoms with Gasteiger partial charge in [0, 0.05) is 43.6 Å². The topological polar surface area (TPSA) is 64.2 Å². The molecule has 2 aromatic rings. The number of amides is 1. The van der Waals surface area contributed by atoms with Crippen molar-refractivity contribution in [3.63, 3.8) is 0 Å². The summed E-state index contributed by atoms with van der Waals surface area (Å²) in [6.45, 7) is 3.89. The molecule has 0 atom stereocenters. The Balaban J connectivity index is 1.82. The van der Waals surface area contributed by atoms with Gasteiger partial charge in [-0.2, -0.15) is 0 Å². The average Bonchev–Trinajstić information content (AvgIpc) is 3.14. The predicted octanol–water partition coefficient (Wildman–Crippen LogP) is 2.41. The molecule has 120 valence electrons. The van der Waals surface area contributed by atoms with Crippen LogP contribution < -0.4 is 10.6 Å². The summed E-state index contributed by atoms with van der Waals surface area (Å²) in [5, 5.41) is 1.06. The van der Waals surface area contributed by atoms with Crippen LogP contribution in [-0.2, 0) is 24.3 Å². The number of aromatic nitrogens is 2. The lowest BCUT2D eigenvalue weighted by Gasteiger charge is -2.29. The molecule has 4 rings (SSSR count). The number of aryl methyl sites for hydroxylation is 1. The van der Waals surface area contributed by atoms with Crippen LogP contribution >= 0.6 is 11.8 Å². The van der Waals surface area contributed by atoms with E-state index in [2.05, 4.69) is 22.8 Å². The Morgan fingerprint density at radius 1 is 1.39 bits per heavy atom. The summed E-state index contributed by atoms with van der Waals surface area (Å²) in [5.41, 5.74) is 11.4. The van der Waals surface area contributed by atoms with Crippen molar-refractivity contribution < 1.29 is 4.79 Å². The lowest BCUT2D eigenvalue weighted by molar-refractivity contribution is -0.116. The first-order valence-corrected chi connectivity index (χ1v) is 9.01. The summed E-state index contributed by atoms with van der Waals surface area (Å²) in [7, 11) is 0. The first-order chi connectivity index (χ1) is 11.2. The highest BCUT2D eigenvalue weighted by Gasteiger charge is 2.24. The molecule has 0 unspecified atom stereocenters. The van der Waals surface area contributed by atoms with E-state index in [4.69, 9.17) is 10.7 Å². The second kappa shape index (κ2) is 5.69. The van der Waals surface area contributed by atoms with Crippen molar-refractivity contribution in [3.05, 3.63) is 29.5 Å². The van der Waals surface area contributed by atoms with Gasteiger partial charge in [0.25, 0.3) is 0 Å². The van der Waals surface area contributed by atoms with Gasteiger partial charge in [-0.3, -0.25) is 4.79 Å². The fraction of sp³-hybridized carbons (Fsp3) is 0.412. The third-order valence-electron chi connectivity index (χ3n) is 4.63. The molecule has 5 nitrogen and oxygen atoms in total. The second-order valence-electron chi connectivity index (χ2n) is 6.01. The van der Waals surface area contributed by atoms with Crippen molar-refractivity contribution in [3.8, 4) is 11.3 Å². The third-order valence-corrected chi connectivity index (χ3v) is 5.59. The van der Waals surface area contributed by atoms with Crippen molar-refractivity contribution in [2.75, 3.05) is 17.2 Å². The minimum atomic E-state index is 0.102. The Morgan fingerprint density at radius 3 is 3.04 bits per heavy atom. The Kier molecular flexibility index (Phi) is 3.66. The maximum Gasteiger partial charge on any atom is 0.223 e. The maximum atomic E-state index is 11.9. The SMILES string of the molecule is CC(=O)N1CCCc2ccc(-c3nc4n(c3CN)CCS4)cc21. The summed E-state index contributed by atoms with van der Waals surface area (Å²) in [6, 6.07) is 6.36. The Bertz CT molecular complexity index is 783. The Labute approximate surface area is 139 Å². The van der Waals surface area contributed by atoms with Crippen molar-refractivity contribution >= 4 is 23.4 Å². The van der Waals surface area contributed by atoms with Crippen LogP contribution in [-0.4, -0.2) is 27.8 Å². The Morgan fingerprint density at radius 2 is 2.26 bits per heavy atom. The maximum absolute atomic E-state index is 11.9. The smallest absolute Gasteiger partial charge is 0.223 e. The molecule has 2 aliphatic heterocycles. The van der Waals surface area contributed by atoms with Gasteiger partial charge in [-0.1, -0.05) is 23.9 Å². The van der Waals surface area contributed by atoms with Crippen LogP contribution in [0.2, 0.25) is 0 Å². The van der Waals surface area contributed by atoms with Crippen LogP contribution in [0.25, 0.3) is 11.3 Å². The monoisotopic (exact) mass is 328 g/mol. The molecule has 0 bridgehead atoms. The van der Waals surface area contributed by atoms with Gasteiger partial charge in [0.05, 0.1) is 11.4 Å². The average molecular weight is 328 g/mol. The molecule has 2 aliphatic rings. The number of imidazole rings is 1. The van der Waals surface area contributed by atoms with Gasteiger partial charge in [-0.15, -0.1) is 0 Å². The van der Waals surface area contributed by atoms with E-state index >= 15 is 0 Å². The summed E-state index contributed by atoms with van der Waals surface area (Å²) in [6.07, 6.45) is 2.05. The van der Waals surface area contributed by atoms with Crippen LogP contribution in [0.4, 0.5) is 5.69 Å². The first-order valence-electron chi connectivity index (χ1n) is 8.02. The van der Waals surface area contributed by atoms with Crippen LogP contribution in [0.15, 0.2) is 23.4 Å². The van der Waals surface area contributed by atoms with Crippen molar-refractivity contribution in [2.24, 2.45) is 5.73 Å². The number of anilines is 1. The van der Waals surface area contributed by atoms with Gasteiger partial charge in [0.1, 0.15) is 0 Å². The van der Waals surface area contributed by atoms with Crippen LogP contribution in [0, 0.1) is 0 Å². The molecule has 0 saturated heterocycles. The highest BCUT2D eigenvalue weighted by Crippen LogP contribution is 2.36. The number of thioether (sulfide) groups is 1. The zero-order valence-electron chi connectivity index (χ0n) is 13.2. The van der Waals surface area contributed by atoms with Gasteiger partial charge in [0.2, 0.25) is 5.91 Å². The van der Waals surface area contributed by atoms with Gasteiger partial charge < -0.3 is 15.2 Å². The van der Waals surface area contributed by atoms with Gasteiger partial charge in [0.15, 0.2) is 5.16 Å². The lowest BCUT2D eigenvalue weighted by atomic mass is 9.98. The minimum absolute atomic E-state index is 0.102. The van der Waals surface area contributed by atoms with Crippen LogP contribution in [0.5, 0.6) is 0 Å². The number of nitrogens with zero attached hydrogens (tertiary/aromatic N) is 3. The molecule has 2 N–H and O–H groups in total. The van der Waals surface area contributed by atoms with E-state index in [0.717, 1.165) is 59.5 Å². The molecule has 0 saturated carbocycles.